The molecule has 27 heavy (non-hydrogen) atoms. The average Bonchev–Trinajstić information content (AvgIpc) is 2.69. The normalized spacial score (nSPS) is 12.8. The predicted molar refractivity (Wildman–Crippen MR) is 109 cm³/mol. The van der Waals surface area contributed by atoms with E-state index < -0.39 is 12.2 Å². The highest BCUT2D eigenvalue weighted by Crippen LogP contribution is 2.13. The van der Waals surface area contributed by atoms with E-state index in [9.17, 15) is 9.90 Å². The monoisotopic (exact) mass is 393 g/mol. The topological polar surface area (TPSA) is 67.8 Å². The number of halogens is 1. The summed E-state index contributed by atoms with van der Waals surface area (Å²) in [4.78, 5) is 12.8. The van der Waals surface area contributed by atoms with E-state index in [0.717, 1.165) is 5.56 Å². The Balaban J connectivity index is 0.00000364. The minimum absolute atomic E-state index is 0. The molecule has 2 aromatic rings. The highest BCUT2D eigenvalue weighted by molar-refractivity contribution is 5.99. The molecule has 0 aromatic heterocycles. The smallest absolute Gasteiger partial charge is 0.191 e. The van der Waals surface area contributed by atoms with Crippen LogP contribution in [-0.2, 0) is 15.9 Å². The summed E-state index contributed by atoms with van der Waals surface area (Å²) >= 11 is 0. The van der Waals surface area contributed by atoms with Gasteiger partial charge < -0.3 is 19.9 Å². The van der Waals surface area contributed by atoms with Crippen LogP contribution in [0.1, 0.15) is 15.9 Å². The van der Waals surface area contributed by atoms with Crippen molar-refractivity contribution in [2.45, 2.75) is 18.6 Å². The first-order chi connectivity index (χ1) is 12.7. The van der Waals surface area contributed by atoms with Gasteiger partial charge in [-0.2, -0.15) is 0 Å². The summed E-state index contributed by atoms with van der Waals surface area (Å²) in [6.45, 7) is 1.72. The molecule has 2 atom stereocenters. The van der Waals surface area contributed by atoms with Gasteiger partial charge in [0.05, 0.1) is 19.3 Å². The molecule has 2 N–H and O–H groups in total. The molecule has 6 heteroatoms. The van der Waals surface area contributed by atoms with Gasteiger partial charge in [-0.15, -0.1) is 12.4 Å². The summed E-state index contributed by atoms with van der Waals surface area (Å²) in [5, 5.41) is 13.2. The Morgan fingerprint density at radius 3 is 2.33 bits per heavy atom. The highest BCUT2D eigenvalue weighted by atomic mass is 35.5. The number of carbonyl (C=O) groups is 1. The lowest BCUT2D eigenvalue weighted by Crippen LogP contribution is -2.36. The van der Waals surface area contributed by atoms with E-state index in [2.05, 4.69) is 5.32 Å². The van der Waals surface area contributed by atoms with Crippen LogP contribution in [-0.4, -0.2) is 56.5 Å². The Labute approximate surface area is 167 Å². The molecule has 0 bridgehead atoms. The maximum atomic E-state index is 12.8. The van der Waals surface area contributed by atoms with E-state index in [1.807, 2.05) is 48.5 Å². The quantitative estimate of drug-likeness (QED) is 0.428. The standard InChI is InChI=1S/C21H27NO4.ClH/c1-25-13-12-22-15-19(23)16-26-20(14-17-8-4-2-5-9-17)21(24)18-10-6-3-7-11-18;/h2-11,19-20,22-23H,12-16H2,1H3;1H. The molecule has 0 fully saturated rings. The van der Waals surface area contributed by atoms with Crippen molar-refractivity contribution in [2.75, 3.05) is 33.4 Å². The fraction of sp³-hybridized carbons (Fsp3) is 0.381. The van der Waals surface area contributed by atoms with E-state index in [-0.39, 0.29) is 24.8 Å². The van der Waals surface area contributed by atoms with Crippen LogP contribution in [0.4, 0.5) is 0 Å². The third kappa shape index (κ3) is 8.65. The molecular formula is C21H28ClNO4. The number of Topliss-reactive ketones (excluding diaryl/α,β-unsaturated/α-hetero) is 1. The minimum Gasteiger partial charge on any atom is -0.389 e. The van der Waals surface area contributed by atoms with Gasteiger partial charge >= 0.3 is 0 Å². The number of hydrogen-bond donors (Lipinski definition) is 2. The molecule has 0 saturated heterocycles. The molecule has 2 unspecified atom stereocenters. The second kappa shape index (κ2) is 13.4. The van der Waals surface area contributed by atoms with Gasteiger partial charge in [0.1, 0.15) is 6.10 Å². The molecule has 0 saturated carbocycles. The van der Waals surface area contributed by atoms with Crippen LogP contribution in [0, 0.1) is 0 Å². The van der Waals surface area contributed by atoms with E-state index in [0.29, 0.717) is 31.7 Å². The van der Waals surface area contributed by atoms with Crippen LogP contribution >= 0.6 is 12.4 Å². The summed E-state index contributed by atoms with van der Waals surface area (Å²) in [6, 6.07) is 18.9. The first kappa shape index (κ1) is 23.3. The Bertz CT molecular complexity index is 639. The lowest BCUT2D eigenvalue weighted by molar-refractivity contribution is -0.00197. The number of rotatable bonds is 12. The Hall–Kier alpha value is -1.76. The summed E-state index contributed by atoms with van der Waals surface area (Å²) in [5.74, 6) is -0.0750. The van der Waals surface area contributed by atoms with E-state index in [1.54, 1.807) is 19.2 Å². The number of hydrogen-bond acceptors (Lipinski definition) is 5. The molecule has 0 aliphatic carbocycles. The van der Waals surface area contributed by atoms with E-state index >= 15 is 0 Å². The molecule has 0 aliphatic heterocycles. The van der Waals surface area contributed by atoms with Gasteiger partial charge in [-0.1, -0.05) is 60.7 Å². The van der Waals surface area contributed by atoms with Crippen LogP contribution < -0.4 is 5.32 Å². The maximum absolute atomic E-state index is 12.8. The number of nitrogens with one attached hydrogen (secondary N) is 1. The third-order valence-corrected chi connectivity index (χ3v) is 3.97. The largest absolute Gasteiger partial charge is 0.389 e. The summed E-state index contributed by atoms with van der Waals surface area (Å²) < 4.78 is 10.8. The number of ether oxygens (including phenoxy) is 2. The van der Waals surface area contributed by atoms with Crippen molar-refractivity contribution in [1.82, 2.24) is 5.32 Å². The van der Waals surface area contributed by atoms with Crippen molar-refractivity contribution in [3.05, 3.63) is 71.8 Å². The van der Waals surface area contributed by atoms with Gasteiger partial charge in [0.25, 0.3) is 0 Å². The number of carbonyl (C=O) groups excluding carboxylic acids is 1. The summed E-state index contributed by atoms with van der Waals surface area (Å²) in [6.07, 6.45) is -0.847. The molecule has 0 radical (unpaired) electrons. The van der Waals surface area contributed by atoms with Crippen LogP contribution in [0.25, 0.3) is 0 Å². The SMILES string of the molecule is COCCNCC(O)COC(Cc1ccccc1)C(=O)c1ccccc1.Cl. The van der Waals surface area contributed by atoms with Crippen molar-refractivity contribution in [1.29, 1.82) is 0 Å². The van der Waals surface area contributed by atoms with Crippen LogP contribution in [0.3, 0.4) is 0 Å². The zero-order valence-corrected chi connectivity index (χ0v) is 16.4. The minimum atomic E-state index is -0.686. The molecule has 2 rings (SSSR count). The second-order valence-corrected chi connectivity index (χ2v) is 6.09. The molecule has 0 aliphatic rings. The van der Waals surface area contributed by atoms with Crippen molar-refractivity contribution in [2.24, 2.45) is 0 Å². The van der Waals surface area contributed by atoms with Crippen LogP contribution in [0.15, 0.2) is 60.7 Å². The van der Waals surface area contributed by atoms with Gasteiger partial charge in [0.15, 0.2) is 5.78 Å². The van der Waals surface area contributed by atoms with Gasteiger partial charge in [-0.25, -0.2) is 0 Å². The highest BCUT2D eigenvalue weighted by Gasteiger charge is 2.22. The molecule has 2 aromatic carbocycles. The first-order valence-electron chi connectivity index (χ1n) is 8.83. The average molecular weight is 394 g/mol. The van der Waals surface area contributed by atoms with E-state index in [4.69, 9.17) is 9.47 Å². The Kier molecular flexibility index (Phi) is 11.6. The van der Waals surface area contributed by atoms with Crippen molar-refractivity contribution < 1.29 is 19.4 Å². The number of methoxy groups -OCH3 is 1. The Morgan fingerprint density at radius 1 is 1.07 bits per heavy atom. The van der Waals surface area contributed by atoms with Crippen LogP contribution in [0.2, 0.25) is 0 Å². The number of benzene rings is 2. The zero-order chi connectivity index (χ0) is 18.6. The zero-order valence-electron chi connectivity index (χ0n) is 15.5. The number of aliphatic hydroxyl groups is 1. The third-order valence-electron chi connectivity index (χ3n) is 3.97. The molecule has 0 spiro atoms. The summed E-state index contributed by atoms with van der Waals surface area (Å²) in [5.41, 5.74) is 1.63. The second-order valence-electron chi connectivity index (χ2n) is 6.09. The number of aliphatic hydroxyl groups excluding tert-OH is 1. The lowest BCUT2D eigenvalue weighted by Gasteiger charge is -2.20. The van der Waals surface area contributed by atoms with Crippen molar-refractivity contribution in [3.63, 3.8) is 0 Å². The fourth-order valence-corrected chi connectivity index (χ4v) is 2.57. The fourth-order valence-electron chi connectivity index (χ4n) is 2.57. The first-order valence-corrected chi connectivity index (χ1v) is 8.83. The van der Waals surface area contributed by atoms with Crippen molar-refractivity contribution >= 4 is 18.2 Å². The van der Waals surface area contributed by atoms with Gasteiger partial charge in [-0.3, -0.25) is 4.79 Å². The molecule has 0 heterocycles. The Morgan fingerprint density at radius 2 is 1.70 bits per heavy atom. The lowest BCUT2D eigenvalue weighted by atomic mass is 10.00. The van der Waals surface area contributed by atoms with E-state index in [1.165, 1.54) is 0 Å². The van der Waals surface area contributed by atoms with Gasteiger partial charge in [-0.05, 0) is 5.56 Å². The number of ketones is 1. The van der Waals surface area contributed by atoms with Gasteiger partial charge in [0.2, 0.25) is 0 Å². The molecular weight excluding hydrogens is 366 g/mol. The van der Waals surface area contributed by atoms with Gasteiger partial charge in [0, 0.05) is 32.2 Å². The molecule has 5 nitrogen and oxygen atoms in total. The van der Waals surface area contributed by atoms with Crippen LogP contribution in [0.5, 0.6) is 0 Å². The summed E-state index contributed by atoms with van der Waals surface area (Å²) in [7, 11) is 1.63. The molecule has 0 amide bonds. The molecule has 148 valence electrons. The predicted octanol–water partition coefficient (Wildman–Crippen LogP) is 2.52. The van der Waals surface area contributed by atoms with Crippen molar-refractivity contribution in [3.8, 4) is 0 Å². The maximum Gasteiger partial charge on any atom is 0.191 e.